The Kier molecular flexibility index (Phi) is 5.21. The minimum Gasteiger partial charge on any atom is -0.353 e. The molecule has 0 saturated carbocycles. The third-order valence-corrected chi connectivity index (χ3v) is 5.91. The van der Waals surface area contributed by atoms with E-state index in [-0.39, 0.29) is 11.9 Å². The SMILES string of the molecule is C[C@@H]1C(=O)NCCN1C(c1ccccc1)(c1ccccc1)c1ccccc1Cl. The number of amides is 1. The lowest BCUT2D eigenvalue weighted by Gasteiger charge is -2.50. The second-order valence-corrected chi connectivity index (χ2v) is 7.49. The molecule has 0 aromatic heterocycles. The van der Waals surface area contributed by atoms with E-state index in [2.05, 4.69) is 40.5 Å². The van der Waals surface area contributed by atoms with Gasteiger partial charge in [-0.15, -0.1) is 0 Å². The minimum absolute atomic E-state index is 0.0366. The van der Waals surface area contributed by atoms with Gasteiger partial charge in [-0.2, -0.15) is 0 Å². The molecular weight excluding hydrogens is 368 g/mol. The van der Waals surface area contributed by atoms with E-state index in [9.17, 15) is 4.79 Å². The summed E-state index contributed by atoms with van der Waals surface area (Å²) >= 11 is 6.78. The summed E-state index contributed by atoms with van der Waals surface area (Å²) in [7, 11) is 0. The standard InChI is InChI=1S/C24H23ClN2O/c1-18-23(28)26-16-17-27(18)24(19-10-4-2-5-11-19,20-12-6-3-7-13-20)21-14-8-9-15-22(21)25/h2-15,18H,16-17H2,1H3,(H,26,28)/t18-/m1/s1. The third-order valence-electron chi connectivity index (χ3n) is 5.58. The Morgan fingerprint density at radius 2 is 1.43 bits per heavy atom. The van der Waals surface area contributed by atoms with Gasteiger partial charge in [-0.25, -0.2) is 0 Å². The number of nitrogens with zero attached hydrogens (tertiary/aromatic N) is 1. The minimum atomic E-state index is -0.669. The van der Waals surface area contributed by atoms with Crippen molar-refractivity contribution in [1.29, 1.82) is 0 Å². The summed E-state index contributed by atoms with van der Waals surface area (Å²) in [6, 6.07) is 28.3. The topological polar surface area (TPSA) is 32.3 Å². The number of hydrogen-bond donors (Lipinski definition) is 1. The molecule has 0 spiro atoms. The molecule has 0 unspecified atom stereocenters. The Balaban J connectivity index is 2.09. The normalized spacial score (nSPS) is 17.9. The van der Waals surface area contributed by atoms with E-state index in [4.69, 9.17) is 11.6 Å². The van der Waals surface area contributed by atoms with Gasteiger partial charge in [0.05, 0.1) is 11.6 Å². The second kappa shape index (κ2) is 7.78. The van der Waals surface area contributed by atoms with Gasteiger partial charge in [0.25, 0.3) is 0 Å². The number of carbonyl (C=O) groups excluding carboxylic acids is 1. The number of hydrogen-bond acceptors (Lipinski definition) is 2. The van der Waals surface area contributed by atoms with Crippen molar-refractivity contribution in [1.82, 2.24) is 10.2 Å². The van der Waals surface area contributed by atoms with Crippen molar-refractivity contribution in [3.05, 3.63) is 107 Å². The summed E-state index contributed by atoms with van der Waals surface area (Å²) in [5.74, 6) is 0.0366. The van der Waals surface area contributed by atoms with Gasteiger partial charge in [0.15, 0.2) is 0 Å². The molecule has 0 aliphatic carbocycles. The van der Waals surface area contributed by atoms with Crippen LogP contribution in [0.25, 0.3) is 0 Å². The number of nitrogens with one attached hydrogen (secondary N) is 1. The molecule has 1 aliphatic rings. The van der Waals surface area contributed by atoms with Gasteiger partial charge >= 0.3 is 0 Å². The average Bonchev–Trinajstić information content (AvgIpc) is 2.74. The zero-order chi connectivity index (χ0) is 19.6. The molecule has 1 fully saturated rings. The van der Waals surface area contributed by atoms with Crippen LogP contribution in [-0.2, 0) is 10.3 Å². The zero-order valence-electron chi connectivity index (χ0n) is 15.8. The van der Waals surface area contributed by atoms with Crippen LogP contribution in [0.5, 0.6) is 0 Å². The summed E-state index contributed by atoms with van der Waals surface area (Å²) in [4.78, 5) is 14.9. The van der Waals surface area contributed by atoms with Crippen LogP contribution in [0.1, 0.15) is 23.6 Å². The Hall–Kier alpha value is -2.62. The Morgan fingerprint density at radius 3 is 2.00 bits per heavy atom. The molecular formula is C24H23ClN2O. The van der Waals surface area contributed by atoms with Crippen molar-refractivity contribution < 1.29 is 4.79 Å². The Bertz CT molecular complexity index is 919. The maximum Gasteiger partial charge on any atom is 0.237 e. The molecule has 1 heterocycles. The molecule has 1 amide bonds. The molecule has 0 radical (unpaired) electrons. The smallest absolute Gasteiger partial charge is 0.237 e. The largest absolute Gasteiger partial charge is 0.353 e. The lowest BCUT2D eigenvalue weighted by atomic mass is 9.74. The molecule has 142 valence electrons. The summed E-state index contributed by atoms with van der Waals surface area (Å²) in [6.45, 7) is 3.29. The van der Waals surface area contributed by atoms with E-state index < -0.39 is 5.54 Å². The molecule has 0 bridgehead atoms. The maximum absolute atomic E-state index is 12.6. The van der Waals surface area contributed by atoms with Crippen molar-refractivity contribution in [3.63, 3.8) is 0 Å². The van der Waals surface area contributed by atoms with Crippen molar-refractivity contribution in [3.8, 4) is 0 Å². The molecule has 3 nitrogen and oxygen atoms in total. The number of rotatable bonds is 4. The average molecular weight is 391 g/mol. The third kappa shape index (κ3) is 3.01. The van der Waals surface area contributed by atoms with E-state index in [1.807, 2.05) is 61.5 Å². The number of carbonyl (C=O) groups is 1. The fourth-order valence-electron chi connectivity index (χ4n) is 4.32. The first-order chi connectivity index (χ1) is 13.7. The molecule has 1 N–H and O–H groups in total. The highest BCUT2D eigenvalue weighted by Gasteiger charge is 2.47. The monoisotopic (exact) mass is 390 g/mol. The lowest BCUT2D eigenvalue weighted by Crippen LogP contribution is -2.62. The van der Waals surface area contributed by atoms with E-state index >= 15 is 0 Å². The van der Waals surface area contributed by atoms with Crippen molar-refractivity contribution in [2.75, 3.05) is 13.1 Å². The summed E-state index contributed by atoms with van der Waals surface area (Å²) < 4.78 is 0. The zero-order valence-corrected chi connectivity index (χ0v) is 16.6. The van der Waals surface area contributed by atoms with Gasteiger partial charge in [0, 0.05) is 18.1 Å². The molecule has 4 rings (SSSR count). The van der Waals surface area contributed by atoms with Gasteiger partial charge in [0.1, 0.15) is 0 Å². The highest BCUT2D eigenvalue weighted by atomic mass is 35.5. The van der Waals surface area contributed by atoms with Gasteiger partial charge in [0.2, 0.25) is 5.91 Å². The first kappa shape index (κ1) is 18.7. The van der Waals surface area contributed by atoms with Gasteiger partial charge in [-0.05, 0) is 29.7 Å². The molecule has 4 heteroatoms. The molecule has 1 aliphatic heterocycles. The maximum atomic E-state index is 12.6. The van der Waals surface area contributed by atoms with Gasteiger partial charge in [-0.3, -0.25) is 9.69 Å². The fraction of sp³-hybridized carbons (Fsp3) is 0.208. The fourth-order valence-corrected chi connectivity index (χ4v) is 4.59. The van der Waals surface area contributed by atoms with Crippen LogP contribution >= 0.6 is 11.6 Å². The van der Waals surface area contributed by atoms with Crippen LogP contribution in [0, 0.1) is 0 Å². The van der Waals surface area contributed by atoms with Gasteiger partial charge in [-0.1, -0.05) is 90.5 Å². The summed E-state index contributed by atoms with van der Waals surface area (Å²) in [5.41, 5.74) is 2.50. The first-order valence-electron chi connectivity index (χ1n) is 9.56. The van der Waals surface area contributed by atoms with E-state index in [0.717, 1.165) is 23.2 Å². The highest BCUT2D eigenvalue weighted by molar-refractivity contribution is 6.31. The summed E-state index contributed by atoms with van der Waals surface area (Å²) in [5, 5.41) is 3.68. The Labute approximate surface area is 171 Å². The van der Waals surface area contributed by atoms with Gasteiger partial charge < -0.3 is 5.32 Å². The molecule has 1 atom stereocenters. The summed E-state index contributed by atoms with van der Waals surface area (Å²) in [6.07, 6.45) is 0. The molecule has 28 heavy (non-hydrogen) atoms. The second-order valence-electron chi connectivity index (χ2n) is 7.08. The van der Waals surface area contributed by atoms with Crippen LogP contribution < -0.4 is 5.32 Å². The predicted molar refractivity (Wildman–Crippen MR) is 113 cm³/mol. The van der Waals surface area contributed by atoms with Crippen LogP contribution in [0.2, 0.25) is 5.02 Å². The van der Waals surface area contributed by atoms with E-state index in [0.29, 0.717) is 11.6 Å². The van der Waals surface area contributed by atoms with E-state index in [1.165, 1.54) is 0 Å². The van der Waals surface area contributed by atoms with Crippen molar-refractivity contribution in [2.45, 2.75) is 18.5 Å². The number of halogens is 1. The number of piperazine rings is 1. The van der Waals surface area contributed by atoms with Crippen molar-refractivity contribution in [2.24, 2.45) is 0 Å². The molecule has 3 aromatic carbocycles. The lowest BCUT2D eigenvalue weighted by molar-refractivity contribution is -0.130. The van der Waals surface area contributed by atoms with Crippen LogP contribution in [0.15, 0.2) is 84.9 Å². The quantitative estimate of drug-likeness (QED) is 0.667. The van der Waals surface area contributed by atoms with Crippen LogP contribution in [0.3, 0.4) is 0 Å². The van der Waals surface area contributed by atoms with Crippen LogP contribution in [-0.4, -0.2) is 29.9 Å². The molecule has 1 saturated heterocycles. The predicted octanol–water partition coefficient (Wildman–Crippen LogP) is 4.45. The van der Waals surface area contributed by atoms with Crippen LogP contribution in [0.4, 0.5) is 0 Å². The molecule has 3 aromatic rings. The number of benzene rings is 3. The highest BCUT2D eigenvalue weighted by Crippen LogP contribution is 2.46. The Morgan fingerprint density at radius 1 is 0.893 bits per heavy atom. The first-order valence-corrected chi connectivity index (χ1v) is 9.94. The van der Waals surface area contributed by atoms with E-state index in [1.54, 1.807) is 0 Å². The van der Waals surface area contributed by atoms with Crippen molar-refractivity contribution >= 4 is 17.5 Å².